The Morgan fingerprint density at radius 3 is 2.44 bits per heavy atom. The van der Waals surface area contributed by atoms with Crippen molar-refractivity contribution >= 4 is 11.7 Å². The van der Waals surface area contributed by atoms with Crippen molar-refractivity contribution in [3.8, 4) is 0 Å². The molecular formula is C13H20N4O. The number of carbonyl (C=O) groups is 1. The maximum absolute atomic E-state index is 11.3. The van der Waals surface area contributed by atoms with Gasteiger partial charge in [0.2, 0.25) is 5.91 Å². The summed E-state index contributed by atoms with van der Waals surface area (Å²) >= 11 is 0. The summed E-state index contributed by atoms with van der Waals surface area (Å²) in [6, 6.07) is 2.05. The molecule has 0 aliphatic carbocycles. The highest BCUT2D eigenvalue weighted by atomic mass is 16.2. The lowest BCUT2D eigenvalue weighted by atomic mass is 10.1. The minimum atomic E-state index is 0.153. The molecule has 0 atom stereocenters. The van der Waals surface area contributed by atoms with Gasteiger partial charge in [-0.15, -0.1) is 0 Å². The van der Waals surface area contributed by atoms with E-state index in [0.717, 1.165) is 37.7 Å². The van der Waals surface area contributed by atoms with Crippen LogP contribution in [0.1, 0.15) is 32.4 Å². The van der Waals surface area contributed by atoms with Crippen molar-refractivity contribution in [2.75, 3.05) is 31.1 Å². The smallest absolute Gasteiger partial charge is 0.219 e. The summed E-state index contributed by atoms with van der Waals surface area (Å²) in [7, 11) is 0. The molecule has 1 saturated heterocycles. The number of carbonyl (C=O) groups excluding carboxylic acids is 1. The predicted octanol–water partition coefficient (Wildman–Crippen LogP) is 1.27. The molecule has 1 aliphatic rings. The second-order valence-corrected chi connectivity index (χ2v) is 4.95. The Balaban J connectivity index is 2.05. The molecule has 0 N–H and O–H groups in total. The molecule has 1 aromatic rings. The summed E-state index contributed by atoms with van der Waals surface area (Å²) in [6.07, 6.45) is 1.63. The van der Waals surface area contributed by atoms with E-state index in [0.29, 0.717) is 5.92 Å². The first-order chi connectivity index (χ1) is 8.58. The van der Waals surface area contributed by atoms with Gasteiger partial charge in [0.25, 0.3) is 0 Å². The summed E-state index contributed by atoms with van der Waals surface area (Å²) in [5.74, 6) is 1.53. The highest BCUT2D eigenvalue weighted by Gasteiger charge is 2.19. The second kappa shape index (κ2) is 5.33. The Bertz CT molecular complexity index is 425. The van der Waals surface area contributed by atoms with E-state index in [2.05, 4.69) is 28.7 Å². The van der Waals surface area contributed by atoms with Gasteiger partial charge in [-0.25, -0.2) is 9.97 Å². The van der Waals surface area contributed by atoms with Crippen LogP contribution in [0, 0.1) is 0 Å². The molecule has 1 fully saturated rings. The number of hydrogen-bond acceptors (Lipinski definition) is 4. The molecule has 2 rings (SSSR count). The maximum atomic E-state index is 11.3. The van der Waals surface area contributed by atoms with Crippen LogP contribution in [-0.4, -0.2) is 47.0 Å². The molecule has 2 heterocycles. The summed E-state index contributed by atoms with van der Waals surface area (Å²) in [4.78, 5) is 24.0. The zero-order valence-electron chi connectivity index (χ0n) is 11.3. The normalized spacial score (nSPS) is 16.2. The van der Waals surface area contributed by atoms with Crippen molar-refractivity contribution in [2.45, 2.75) is 26.7 Å². The molecular weight excluding hydrogens is 228 g/mol. The molecule has 0 bridgehead atoms. The molecule has 0 saturated carbocycles. The van der Waals surface area contributed by atoms with Crippen molar-refractivity contribution in [3.05, 3.63) is 18.1 Å². The van der Waals surface area contributed by atoms with Crippen LogP contribution in [0.25, 0.3) is 0 Å². The van der Waals surface area contributed by atoms with Gasteiger partial charge in [0.1, 0.15) is 12.1 Å². The molecule has 1 aliphatic heterocycles. The van der Waals surface area contributed by atoms with Crippen molar-refractivity contribution in [3.63, 3.8) is 0 Å². The summed E-state index contributed by atoms with van der Waals surface area (Å²) in [5, 5.41) is 0. The molecule has 5 heteroatoms. The van der Waals surface area contributed by atoms with Gasteiger partial charge in [-0.3, -0.25) is 4.79 Å². The highest BCUT2D eigenvalue weighted by Crippen LogP contribution is 2.18. The number of nitrogens with zero attached hydrogens (tertiary/aromatic N) is 4. The van der Waals surface area contributed by atoms with Crippen molar-refractivity contribution in [1.82, 2.24) is 14.9 Å². The van der Waals surface area contributed by atoms with Crippen LogP contribution in [0.3, 0.4) is 0 Å². The minimum absolute atomic E-state index is 0.153. The van der Waals surface area contributed by atoms with E-state index in [1.807, 2.05) is 11.0 Å². The summed E-state index contributed by atoms with van der Waals surface area (Å²) in [5.41, 5.74) is 1.06. The Morgan fingerprint density at radius 1 is 1.22 bits per heavy atom. The van der Waals surface area contributed by atoms with Crippen LogP contribution in [0.5, 0.6) is 0 Å². The lowest BCUT2D eigenvalue weighted by molar-refractivity contribution is -0.129. The SMILES string of the molecule is CC(=O)N1CCN(c2cc(C(C)C)ncn2)CC1. The monoisotopic (exact) mass is 248 g/mol. The van der Waals surface area contributed by atoms with Crippen LogP contribution in [0.4, 0.5) is 5.82 Å². The van der Waals surface area contributed by atoms with Gasteiger partial charge in [-0.05, 0) is 5.92 Å². The lowest BCUT2D eigenvalue weighted by Crippen LogP contribution is -2.48. The molecule has 98 valence electrons. The minimum Gasteiger partial charge on any atom is -0.353 e. The van der Waals surface area contributed by atoms with Crippen molar-refractivity contribution in [1.29, 1.82) is 0 Å². The maximum Gasteiger partial charge on any atom is 0.219 e. The summed E-state index contributed by atoms with van der Waals surface area (Å²) in [6.45, 7) is 9.10. The van der Waals surface area contributed by atoms with E-state index in [1.165, 1.54) is 0 Å². The second-order valence-electron chi connectivity index (χ2n) is 4.95. The molecule has 0 aromatic carbocycles. The van der Waals surface area contributed by atoms with Gasteiger partial charge in [0.05, 0.1) is 0 Å². The number of hydrogen-bond donors (Lipinski definition) is 0. The third kappa shape index (κ3) is 2.78. The number of amides is 1. The van der Waals surface area contributed by atoms with Gasteiger partial charge in [-0.1, -0.05) is 13.8 Å². The van der Waals surface area contributed by atoms with Crippen LogP contribution in [0.15, 0.2) is 12.4 Å². The quantitative estimate of drug-likeness (QED) is 0.791. The number of anilines is 1. The number of rotatable bonds is 2. The molecule has 1 amide bonds. The van der Waals surface area contributed by atoms with E-state index in [9.17, 15) is 4.79 Å². The van der Waals surface area contributed by atoms with E-state index in [4.69, 9.17) is 0 Å². The van der Waals surface area contributed by atoms with E-state index in [1.54, 1.807) is 13.3 Å². The zero-order chi connectivity index (χ0) is 13.1. The van der Waals surface area contributed by atoms with E-state index in [-0.39, 0.29) is 5.91 Å². The Morgan fingerprint density at radius 2 is 1.89 bits per heavy atom. The van der Waals surface area contributed by atoms with Gasteiger partial charge in [0.15, 0.2) is 0 Å². The highest BCUT2D eigenvalue weighted by molar-refractivity contribution is 5.73. The third-order valence-corrected chi connectivity index (χ3v) is 3.31. The molecule has 18 heavy (non-hydrogen) atoms. The average Bonchev–Trinajstić information content (AvgIpc) is 2.39. The van der Waals surface area contributed by atoms with Crippen LogP contribution in [-0.2, 0) is 4.79 Å². The van der Waals surface area contributed by atoms with E-state index >= 15 is 0 Å². The van der Waals surface area contributed by atoms with Crippen LogP contribution >= 0.6 is 0 Å². The molecule has 0 radical (unpaired) electrons. The third-order valence-electron chi connectivity index (χ3n) is 3.31. The topological polar surface area (TPSA) is 49.3 Å². The van der Waals surface area contributed by atoms with Gasteiger partial charge >= 0.3 is 0 Å². The van der Waals surface area contributed by atoms with Gasteiger partial charge < -0.3 is 9.80 Å². The number of aromatic nitrogens is 2. The summed E-state index contributed by atoms with van der Waals surface area (Å²) < 4.78 is 0. The number of piperazine rings is 1. The van der Waals surface area contributed by atoms with Crippen molar-refractivity contribution < 1.29 is 4.79 Å². The predicted molar refractivity (Wildman–Crippen MR) is 70.6 cm³/mol. The molecule has 1 aromatic heterocycles. The standard InChI is InChI=1S/C13H20N4O/c1-10(2)12-8-13(15-9-14-12)17-6-4-16(5-7-17)11(3)18/h8-10H,4-7H2,1-3H3. The van der Waals surface area contributed by atoms with Crippen LogP contribution in [0.2, 0.25) is 0 Å². The lowest BCUT2D eigenvalue weighted by Gasteiger charge is -2.35. The fraction of sp³-hybridized carbons (Fsp3) is 0.615. The van der Waals surface area contributed by atoms with Gasteiger partial charge in [-0.2, -0.15) is 0 Å². The molecule has 0 spiro atoms. The Labute approximate surface area is 108 Å². The fourth-order valence-corrected chi connectivity index (χ4v) is 2.10. The van der Waals surface area contributed by atoms with Crippen molar-refractivity contribution in [2.24, 2.45) is 0 Å². The first-order valence-corrected chi connectivity index (χ1v) is 6.40. The van der Waals surface area contributed by atoms with Gasteiger partial charge in [0, 0.05) is 44.9 Å². The fourth-order valence-electron chi connectivity index (χ4n) is 2.10. The van der Waals surface area contributed by atoms with Crippen LogP contribution < -0.4 is 4.90 Å². The van der Waals surface area contributed by atoms with E-state index < -0.39 is 0 Å². The Kier molecular flexibility index (Phi) is 3.79. The molecule has 0 unspecified atom stereocenters. The first kappa shape index (κ1) is 12.8. The largest absolute Gasteiger partial charge is 0.353 e. The molecule has 5 nitrogen and oxygen atoms in total. The average molecular weight is 248 g/mol. The zero-order valence-corrected chi connectivity index (χ0v) is 11.3. The first-order valence-electron chi connectivity index (χ1n) is 6.40. The Hall–Kier alpha value is -1.65.